The topological polar surface area (TPSA) is 57.5 Å². The van der Waals surface area contributed by atoms with Gasteiger partial charge in [-0.05, 0) is 12.8 Å². The van der Waals surface area contributed by atoms with E-state index in [1.54, 1.807) is 0 Å². The van der Waals surface area contributed by atoms with Gasteiger partial charge >= 0.3 is 6.16 Å². The van der Waals surface area contributed by atoms with Crippen LogP contribution in [0.3, 0.4) is 0 Å². The van der Waals surface area contributed by atoms with E-state index in [4.69, 9.17) is 15.0 Å². The van der Waals surface area contributed by atoms with Crippen LogP contribution in [0.1, 0.15) is 26.7 Å². The summed E-state index contributed by atoms with van der Waals surface area (Å²) in [7, 11) is 5.65. The summed E-state index contributed by atoms with van der Waals surface area (Å²) in [5.74, 6) is 0. The number of hydrogen-bond acceptors (Lipinski definition) is 1. The van der Waals surface area contributed by atoms with Crippen molar-refractivity contribution in [2.45, 2.75) is 37.0 Å². The summed E-state index contributed by atoms with van der Waals surface area (Å²) in [6, 6.07) is 0. The van der Waals surface area contributed by atoms with Crippen LogP contribution >= 0.6 is 18.5 Å². The average molecular weight is 314 g/mol. The van der Waals surface area contributed by atoms with Gasteiger partial charge < -0.3 is 10.2 Å². The molecule has 20 heavy (non-hydrogen) atoms. The van der Waals surface area contributed by atoms with Crippen LogP contribution in [0.4, 0.5) is 4.79 Å². The van der Waals surface area contributed by atoms with Crippen molar-refractivity contribution >= 4 is 24.6 Å². The van der Waals surface area contributed by atoms with E-state index in [9.17, 15) is 0 Å². The van der Waals surface area contributed by atoms with Crippen LogP contribution < -0.4 is 0 Å². The van der Waals surface area contributed by atoms with Gasteiger partial charge in [0.25, 0.3) is 0 Å². The van der Waals surface area contributed by atoms with Gasteiger partial charge in [-0.2, -0.15) is 0 Å². The van der Waals surface area contributed by atoms with E-state index in [-0.39, 0.29) is 0 Å². The predicted octanol–water partition coefficient (Wildman–Crippen LogP) is 4.50. The standard InChI is InChI=1S/2C7H11P.CH2O3/c2*1-7(8)5-3-2-4-6-7;2-1(3)4/h2*2-5H,6,8H2,1H3;(H2,2,3,4). The zero-order chi connectivity index (χ0) is 15.6. The van der Waals surface area contributed by atoms with Crippen molar-refractivity contribution in [3.05, 3.63) is 48.6 Å². The number of carbonyl (C=O) groups is 1. The van der Waals surface area contributed by atoms with Gasteiger partial charge in [-0.25, -0.2) is 4.79 Å². The number of allylic oxidation sites excluding steroid dienone is 8. The highest BCUT2D eigenvalue weighted by Gasteiger charge is 2.12. The van der Waals surface area contributed by atoms with E-state index in [0.717, 1.165) is 12.8 Å². The van der Waals surface area contributed by atoms with Crippen molar-refractivity contribution in [1.29, 1.82) is 0 Å². The lowest BCUT2D eigenvalue weighted by Crippen LogP contribution is -2.10. The molecule has 0 saturated carbocycles. The third-order valence-electron chi connectivity index (χ3n) is 2.56. The summed E-state index contributed by atoms with van der Waals surface area (Å²) in [4.78, 5) is 8.56. The molecular formula is C15H24O3P2. The molecule has 0 aromatic heterocycles. The molecule has 0 amide bonds. The summed E-state index contributed by atoms with van der Waals surface area (Å²) >= 11 is 0. The number of carboxylic acid groups (broad SMARTS) is 2. The molecule has 4 atom stereocenters. The van der Waals surface area contributed by atoms with Crippen LogP contribution in [0.15, 0.2) is 48.6 Å². The summed E-state index contributed by atoms with van der Waals surface area (Å²) in [5.41, 5.74) is 0. The highest BCUT2D eigenvalue weighted by atomic mass is 31.0. The van der Waals surface area contributed by atoms with Crippen LogP contribution in [0.2, 0.25) is 0 Å². The fourth-order valence-electron chi connectivity index (χ4n) is 1.49. The Kier molecular flexibility index (Phi) is 8.69. The van der Waals surface area contributed by atoms with E-state index >= 15 is 0 Å². The molecule has 4 unspecified atom stereocenters. The largest absolute Gasteiger partial charge is 0.503 e. The Morgan fingerprint density at radius 3 is 1.30 bits per heavy atom. The molecule has 112 valence electrons. The molecule has 0 heterocycles. The van der Waals surface area contributed by atoms with Crippen LogP contribution in [-0.2, 0) is 0 Å². The van der Waals surface area contributed by atoms with Gasteiger partial charge in [-0.1, -0.05) is 62.5 Å². The minimum atomic E-state index is -1.83. The molecule has 0 radical (unpaired) electrons. The van der Waals surface area contributed by atoms with Crippen molar-refractivity contribution in [2.75, 3.05) is 0 Å². The van der Waals surface area contributed by atoms with E-state index in [1.807, 2.05) is 0 Å². The summed E-state index contributed by atoms with van der Waals surface area (Å²) in [6.45, 7) is 4.41. The molecule has 0 aromatic carbocycles. The lowest BCUT2D eigenvalue weighted by atomic mass is 10.0. The molecule has 2 aliphatic rings. The average Bonchev–Trinajstić information content (AvgIpc) is 2.28. The van der Waals surface area contributed by atoms with Crippen LogP contribution in [-0.4, -0.2) is 26.7 Å². The smallest absolute Gasteiger partial charge is 0.450 e. The maximum atomic E-state index is 8.56. The third-order valence-corrected chi connectivity index (χ3v) is 3.42. The summed E-state index contributed by atoms with van der Waals surface area (Å²) in [6.07, 6.45) is 17.6. The molecule has 0 spiro atoms. The SMILES string of the molecule is CC1(P)C=CC=CC1.CC1(P)C=CC=CC1.O=C(O)O. The zero-order valence-electron chi connectivity index (χ0n) is 12.0. The normalized spacial score (nSPS) is 29.8. The van der Waals surface area contributed by atoms with Crippen LogP contribution in [0, 0.1) is 0 Å². The van der Waals surface area contributed by atoms with Crippen molar-refractivity contribution in [3.8, 4) is 0 Å². The van der Waals surface area contributed by atoms with E-state index < -0.39 is 6.16 Å². The lowest BCUT2D eigenvalue weighted by molar-refractivity contribution is 0.137. The van der Waals surface area contributed by atoms with Crippen molar-refractivity contribution in [3.63, 3.8) is 0 Å². The second-order valence-corrected chi connectivity index (χ2v) is 7.91. The number of rotatable bonds is 0. The Balaban J connectivity index is 0.000000289. The van der Waals surface area contributed by atoms with Gasteiger partial charge in [0.15, 0.2) is 0 Å². The first kappa shape index (κ1) is 19.1. The maximum absolute atomic E-state index is 8.56. The van der Waals surface area contributed by atoms with Gasteiger partial charge in [-0.3, -0.25) is 0 Å². The van der Waals surface area contributed by atoms with Crippen molar-refractivity contribution in [2.24, 2.45) is 0 Å². The molecule has 2 rings (SSSR count). The van der Waals surface area contributed by atoms with E-state index in [1.165, 1.54) is 0 Å². The monoisotopic (exact) mass is 314 g/mol. The zero-order valence-corrected chi connectivity index (χ0v) is 14.3. The third kappa shape index (κ3) is 12.1. The van der Waals surface area contributed by atoms with Crippen molar-refractivity contribution in [1.82, 2.24) is 0 Å². The van der Waals surface area contributed by atoms with Crippen LogP contribution in [0.5, 0.6) is 0 Å². The Hall–Kier alpha value is -0.910. The number of hydrogen-bond donors (Lipinski definition) is 2. The first-order chi connectivity index (χ1) is 9.15. The lowest BCUT2D eigenvalue weighted by Gasteiger charge is -2.19. The molecule has 2 aliphatic carbocycles. The first-order valence-corrected chi connectivity index (χ1v) is 7.48. The molecule has 3 nitrogen and oxygen atoms in total. The van der Waals surface area contributed by atoms with Gasteiger partial charge in [0.05, 0.1) is 0 Å². The second-order valence-electron chi connectivity index (χ2n) is 5.28. The predicted molar refractivity (Wildman–Crippen MR) is 92.7 cm³/mol. The summed E-state index contributed by atoms with van der Waals surface area (Å²) < 4.78 is 0. The molecule has 5 heteroatoms. The molecular weight excluding hydrogens is 290 g/mol. The van der Waals surface area contributed by atoms with Gasteiger partial charge in [0.2, 0.25) is 0 Å². The Morgan fingerprint density at radius 2 is 1.20 bits per heavy atom. The molecule has 0 aromatic rings. The minimum absolute atomic E-state index is 0.328. The fourth-order valence-corrected chi connectivity index (χ4v) is 1.98. The van der Waals surface area contributed by atoms with Crippen LogP contribution in [0.25, 0.3) is 0 Å². The van der Waals surface area contributed by atoms with Gasteiger partial charge in [0, 0.05) is 10.3 Å². The highest BCUT2D eigenvalue weighted by molar-refractivity contribution is 7.19. The maximum Gasteiger partial charge on any atom is 0.503 e. The molecule has 0 aliphatic heterocycles. The molecule has 2 N–H and O–H groups in total. The molecule has 0 saturated heterocycles. The van der Waals surface area contributed by atoms with Crippen molar-refractivity contribution < 1.29 is 15.0 Å². The quantitative estimate of drug-likeness (QED) is 0.647. The first-order valence-electron chi connectivity index (χ1n) is 6.33. The molecule has 0 bridgehead atoms. The van der Waals surface area contributed by atoms with E-state index in [2.05, 4.69) is 80.9 Å². The minimum Gasteiger partial charge on any atom is -0.450 e. The fraction of sp³-hybridized carbons (Fsp3) is 0.400. The Morgan fingerprint density at radius 1 is 0.900 bits per heavy atom. The second kappa shape index (κ2) is 9.10. The highest BCUT2D eigenvalue weighted by Crippen LogP contribution is 2.27. The van der Waals surface area contributed by atoms with E-state index in [0.29, 0.717) is 10.3 Å². The Bertz CT molecular complexity index is 381. The Labute approximate surface area is 125 Å². The van der Waals surface area contributed by atoms with Gasteiger partial charge in [0.1, 0.15) is 0 Å². The van der Waals surface area contributed by atoms with Gasteiger partial charge in [-0.15, -0.1) is 18.5 Å². The summed E-state index contributed by atoms with van der Waals surface area (Å²) in [5, 5.41) is 14.6. The molecule has 0 fully saturated rings.